The number of allylic oxidation sites excluding steroid dienone is 1. The summed E-state index contributed by atoms with van der Waals surface area (Å²) < 4.78 is 19.1. The molecular weight excluding hydrogens is 333 g/mol. The first-order valence-corrected chi connectivity index (χ1v) is 8.97. The molecule has 3 rings (SSSR count). The molecule has 5 heteroatoms. The monoisotopic (exact) mass is 357 g/mol. The molecule has 2 aliphatic rings. The largest absolute Gasteiger partial charge is 0.463 e. The number of esters is 1. The Morgan fingerprint density at radius 3 is 2.69 bits per heavy atom. The number of carbonyl (C=O) groups is 2. The van der Waals surface area contributed by atoms with Crippen LogP contribution in [0.1, 0.15) is 52.0 Å². The number of ether oxygens (including phenoxy) is 1. The van der Waals surface area contributed by atoms with E-state index in [9.17, 15) is 14.0 Å². The first-order chi connectivity index (χ1) is 12.2. The van der Waals surface area contributed by atoms with Gasteiger partial charge in [-0.05, 0) is 43.4 Å². The predicted molar refractivity (Wildman–Crippen MR) is 97.4 cm³/mol. The van der Waals surface area contributed by atoms with E-state index in [0.717, 1.165) is 5.71 Å². The molecule has 0 bridgehead atoms. The molecule has 2 atom stereocenters. The van der Waals surface area contributed by atoms with E-state index in [-0.39, 0.29) is 17.8 Å². The van der Waals surface area contributed by atoms with Gasteiger partial charge in [-0.2, -0.15) is 0 Å². The number of hydrogen-bond acceptors (Lipinski definition) is 4. The van der Waals surface area contributed by atoms with Crippen LogP contribution in [0.2, 0.25) is 0 Å². The Balaban J connectivity index is 2.17. The lowest BCUT2D eigenvalue weighted by atomic mass is 9.63. The molecule has 0 unspecified atom stereocenters. The standard InChI is InChI=1S/C21H24FNO3/c1-5-26-20(25)17-12(2)23-15-10-21(3,4)11-16(24)19(15)18(17)13-7-6-8-14(22)9-13/h6-9,18-19H,5,10-11H2,1-4H3/t18-,19-/m1/s1. The molecule has 1 aliphatic carbocycles. The molecule has 1 aromatic rings. The van der Waals surface area contributed by atoms with Gasteiger partial charge in [0, 0.05) is 23.7 Å². The Kier molecular flexibility index (Phi) is 4.82. The van der Waals surface area contributed by atoms with E-state index in [1.54, 1.807) is 26.0 Å². The number of hydrogen-bond donors (Lipinski definition) is 0. The number of fused-ring (bicyclic) bond motifs is 1. The third-order valence-electron chi connectivity index (χ3n) is 5.07. The van der Waals surface area contributed by atoms with Crippen molar-refractivity contribution < 1.29 is 18.7 Å². The third-order valence-corrected chi connectivity index (χ3v) is 5.07. The second-order valence-electron chi connectivity index (χ2n) is 7.82. The second kappa shape index (κ2) is 6.78. The summed E-state index contributed by atoms with van der Waals surface area (Å²) >= 11 is 0. The third kappa shape index (κ3) is 3.35. The highest BCUT2D eigenvalue weighted by Crippen LogP contribution is 2.46. The molecule has 1 aliphatic heterocycles. The summed E-state index contributed by atoms with van der Waals surface area (Å²) in [5.41, 5.74) is 2.14. The van der Waals surface area contributed by atoms with Crippen molar-refractivity contribution in [1.29, 1.82) is 0 Å². The van der Waals surface area contributed by atoms with Gasteiger partial charge in [0.15, 0.2) is 0 Å². The van der Waals surface area contributed by atoms with Crippen LogP contribution in [0.15, 0.2) is 40.5 Å². The predicted octanol–water partition coefficient (Wildman–Crippen LogP) is 4.21. The van der Waals surface area contributed by atoms with Gasteiger partial charge >= 0.3 is 5.97 Å². The molecule has 0 radical (unpaired) electrons. The Morgan fingerprint density at radius 1 is 1.31 bits per heavy atom. The van der Waals surface area contributed by atoms with Crippen LogP contribution in [-0.4, -0.2) is 24.1 Å². The normalized spacial score (nSPS) is 24.8. The van der Waals surface area contributed by atoms with Crippen LogP contribution in [0.25, 0.3) is 0 Å². The fourth-order valence-corrected chi connectivity index (χ4v) is 4.13. The summed E-state index contributed by atoms with van der Waals surface area (Å²) in [5.74, 6) is -1.92. The fourth-order valence-electron chi connectivity index (χ4n) is 4.13. The second-order valence-corrected chi connectivity index (χ2v) is 7.82. The fraction of sp³-hybridized carbons (Fsp3) is 0.476. The molecule has 1 heterocycles. The zero-order valence-corrected chi connectivity index (χ0v) is 15.6. The lowest BCUT2D eigenvalue weighted by molar-refractivity contribution is -0.139. The summed E-state index contributed by atoms with van der Waals surface area (Å²) in [6.07, 6.45) is 1.10. The SMILES string of the molecule is CCOC(=O)C1=C(C)N=C2CC(C)(C)CC(=O)[C@@H]2[C@@H]1c1cccc(F)c1. The first kappa shape index (κ1) is 18.5. The van der Waals surface area contributed by atoms with Crippen LogP contribution in [0.4, 0.5) is 4.39 Å². The highest BCUT2D eigenvalue weighted by molar-refractivity contribution is 6.12. The number of rotatable bonds is 3. The summed E-state index contributed by atoms with van der Waals surface area (Å²) in [5, 5.41) is 0. The van der Waals surface area contributed by atoms with Crippen molar-refractivity contribution in [1.82, 2.24) is 0 Å². The topological polar surface area (TPSA) is 55.7 Å². The van der Waals surface area contributed by atoms with Crippen molar-refractivity contribution >= 4 is 17.5 Å². The van der Waals surface area contributed by atoms with Gasteiger partial charge in [-0.3, -0.25) is 9.79 Å². The van der Waals surface area contributed by atoms with Crippen LogP contribution < -0.4 is 0 Å². The summed E-state index contributed by atoms with van der Waals surface area (Å²) in [6, 6.07) is 6.11. The van der Waals surface area contributed by atoms with Crippen molar-refractivity contribution in [2.24, 2.45) is 16.3 Å². The van der Waals surface area contributed by atoms with E-state index in [4.69, 9.17) is 4.74 Å². The maximum Gasteiger partial charge on any atom is 0.336 e. The minimum absolute atomic E-state index is 0.0450. The summed E-state index contributed by atoms with van der Waals surface area (Å²) in [7, 11) is 0. The molecule has 0 amide bonds. The van der Waals surface area contributed by atoms with Gasteiger partial charge in [-0.1, -0.05) is 26.0 Å². The Hall–Kier alpha value is -2.30. The Labute approximate surface area is 153 Å². The summed E-state index contributed by atoms with van der Waals surface area (Å²) in [6.45, 7) is 7.81. The maximum absolute atomic E-state index is 13.9. The van der Waals surface area contributed by atoms with Gasteiger partial charge < -0.3 is 4.74 Å². The highest BCUT2D eigenvalue weighted by Gasteiger charge is 2.47. The van der Waals surface area contributed by atoms with Gasteiger partial charge in [0.25, 0.3) is 0 Å². The lowest BCUT2D eigenvalue weighted by Crippen LogP contribution is -2.44. The smallest absolute Gasteiger partial charge is 0.336 e. The minimum Gasteiger partial charge on any atom is -0.463 e. The van der Waals surface area contributed by atoms with Gasteiger partial charge in [0.2, 0.25) is 0 Å². The lowest BCUT2D eigenvalue weighted by Gasteiger charge is -2.41. The maximum atomic E-state index is 13.9. The Morgan fingerprint density at radius 2 is 2.04 bits per heavy atom. The van der Waals surface area contributed by atoms with Crippen molar-refractivity contribution in [3.8, 4) is 0 Å². The van der Waals surface area contributed by atoms with E-state index in [0.29, 0.717) is 29.7 Å². The number of carbonyl (C=O) groups excluding carboxylic acids is 2. The van der Waals surface area contributed by atoms with Crippen LogP contribution in [-0.2, 0) is 14.3 Å². The molecule has 0 spiro atoms. The average Bonchev–Trinajstić information content (AvgIpc) is 2.52. The Bertz CT molecular complexity index is 822. The van der Waals surface area contributed by atoms with E-state index in [1.807, 2.05) is 13.8 Å². The molecule has 26 heavy (non-hydrogen) atoms. The zero-order valence-electron chi connectivity index (χ0n) is 15.6. The van der Waals surface area contributed by atoms with Crippen LogP contribution in [0.3, 0.4) is 0 Å². The molecule has 4 nitrogen and oxygen atoms in total. The molecule has 1 fully saturated rings. The average molecular weight is 357 g/mol. The van der Waals surface area contributed by atoms with E-state index in [1.165, 1.54) is 12.1 Å². The van der Waals surface area contributed by atoms with Crippen LogP contribution >= 0.6 is 0 Å². The number of Topliss-reactive ketones (excluding diaryl/α,β-unsaturated/α-hetero) is 1. The van der Waals surface area contributed by atoms with E-state index < -0.39 is 23.6 Å². The molecule has 1 aromatic carbocycles. The van der Waals surface area contributed by atoms with Crippen molar-refractivity contribution in [2.75, 3.05) is 6.61 Å². The van der Waals surface area contributed by atoms with Gasteiger partial charge in [-0.25, -0.2) is 9.18 Å². The molecular formula is C21H24FNO3. The molecule has 138 valence electrons. The number of benzene rings is 1. The van der Waals surface area contributed by atoms with Crippen LogP contribution in [0.5, 0.6) is 0 Å². The quantitative estimate of drug-likeness (QED) is 0.762. The number of nitrogens with zero attached hydrogens (tertiary/aromatic N) is 1. The number of ketones is 1. The molecule has 1 saturated carbocycles. The molecule has 0 N–H and O–H groups in total. The zero-order chi connectivity index (χ0) is 19.1. The van der Waals surface area contributed by atoms with Crippen LogP contribution in [0, 0.1) is 17.2 Å². The first-order valence-electron chi connectivity index (χ1n) is 8.97. The highest BCUT2D eigenvalue weighted by atomic mass is 19.1. The summed E-state index contributed by atoms with van der Waals surface area (Å²) in [4.78, 5) is 30.2. The van der Waals surface area contributed by atoms with E-state index >= 15 is 0 Å². The van der Waals surface area contributed by atoms with Crippen molar-refractivity contribution in [2.45, 2.75) is 46.5 Å². The van der Waals surface area contributed by atoms with Gasteiger partial charge in [0.05, 0.1) is 18.1 Å². The minimum atomic E-state index is -0.555. The van der Waals surface area contributed by atoms with E-state index in [2.05, 4.69) is 4.99 Å². The molecule has 0 saturated heterocycles. The number of aliphatic imine (C=N–C) groups is 1. The number of halogens is 1. The van der Waals surface area contributed by atoms with Gasteiger partial charge in [-0.15, -0.1) is 0 Å². The van der Waals surface area contributed by atoms with Crippen molar-refractivity contribution in [3.63, 3.8) is 0 Å². The molecule has 0 aromatic heterocycles. The van der Waals surface area contributed by atoms with Gasteiger partial charge in [0.1, 0.15) is 11.6 Å². The van der Waals surface area contributed by atoms with Crippen molar-refractivity contribution in [3.05, 3.63) is 46.9 Å².